The summed E-state index contributed by atoms with van der Waals surface area (Å²) in [4.78, 5) is 3.94. The molecule has 0 saturated heterocycles. The van der Waals surface area contributed by atoms with E-state index < -0.39 is 5.82 Å². The zero-order chi connectivity index (χ0) is 13.1. The molecule has 3 nitrogen and oxygen atoms in total. The van der Waals surface area contributed by atoms with E-state index in [0.29, 0.717) is 0 Å². The fraction of sp³-hybridized carbons (Fsp3) is 0. The van der Waals surface area contributed by atoms with Gasteiger partial charge in [0.1, 0.15) is 16.9 Å². The summed E-state index contributed by atoms with van der Waals surface area (Å²) < 4.78 is 13.6. The number of aromatic nitrogens is 1. The van der Waals surface area contributed by atoms with E-state index in [1.54, 1.807) is 0 Å². The zero-order valence-corrected chi connectivity index (χ0v) is 10.4. The van der Waals surface area contributed by atoms with E-state index in [4.69, 9.17) is 28.5 Å². The molecule has 0 aliphatic heterocycles. The molecule has 0 atom stereocenters. The second-order valence-corrected chi connectivity index (χ2v) is 4.14. The van der Waals surface area contributed by atoms with E-state index in [0.717, 1.165) is 0 Å². The molecule has 18 heavy (non-hydrogen) atoms. The van der Waals surface area contributed by atoms with Gasteiger partial charge in [0.05, 0.1) is 16.3 Å². The van der Waals surface area contributed by atoms with Crippen molar-refractivity contribution in [3.8, 4) is 6.07 Å². The van der Waals surface area contributed by atoms with Crippen molar-refractivity contribution in [3.05, 3.63) is 51.9 Å². The first-order valence-electron chi connectivity index (χ1n) is 4.89. The fourth-order valence-corrected chi connectivity index (χ4v) is 1.76. The van der Waals surface area contributed by atoms with Crippen LogP contribution in [0.15, 0.2) is 30.5 Å². The summed E-state index contributed by atoms with van der Waals surface area (Å²) in [5.74, 6) is -0.342. The highest BCUT2D eigenvalue weighted by Crippen LogP contribution is 2.31. The predicted octanol–water partition coefficient (Wildman–Crippen LogP) is 4.14. The van der Waals surface area contributed by atoms with Gasteiger partial charge in [0.15, 0.2) is 5.82 Å². The first kappa shape index (κ1) is 12.6. The number of nitriles is 1. The normalized spacial score (nSPS) is 9.89. The van der Waals surface area contributed by atoms with Crippen molar-refractivity contribution in [1.82, 2.24) is 4.98 Å². The lowest BCUT2D eigenvalue weighted by molar-refractivity contribution is 0.632. The van der Waals surface area contributed by atoms with Gasteiger partial charge in [0.2, 0.25) is 0 Å². The molecular formula is C12H6Cl2FN3. The highest BCUT2D eigenvalue weighted by Gasteiger charge is 2.12. The van der Waals surface area contributed by atoms with Gasteiger partial charge in [-0.05, 0) is 18.2 Å². The molecule has 2 aromatic rings. The number of halogens is 3. The summed E-state index contributed by atoms with van der Waals surface area (Å²) in [5, 5.41) is 11.8. The molecule has 0 aliphatic carbocycles. The van der Waals surface area contributed by atoms with Crippen LogP contribution in [0.25, 0.3) is 0 Å². The van der Waals surface area contributed by atoms with Crippen LogP contribution < -0.4 is 5.32 Å². The Morgan fingerprint density at radius 3 is 2.72 bits per heavy atom. The third kappa shape index (κ3) is 2.37. The SMILES string of the molecule is N#Cc1ccnc(Nc2c(F)cccc2Cl)c1Cl. The van der Waals surface area contributed by atoms with Crippen LogP contribution in [0.4, 0.5) is 15.9 Å². The first-order chi connectivity index (χ1) is 8.63. The van der Waals surface area contributed by atoms with Gasteiger partial charge in [-0.2, -0.15) is 5.26 Å². The molecule has 1 N–H and O–H groups in total. The lowest BCUT2D eigenvalue weighted by Gasteiger charge is -2.10. The number of hydrogen-bond donors (Lipinski definition) is 1. The highest BCUT2D eigenvalue weighted by atomic mass is 35.5. The van der Waals surface area contributed by atoms with Gasteiger partial charge in [-0.3, -0.25) is 0 Å². The van der Waals surface area contributed by atoms with Gasteiger partial charge < -0.3 is 5.32 Å². The third-order valence-corrected chi connectivity index (χ3v) is 2.91. The average molecular weight is 282 g/mol. The number of pyridine rings is 1. The van der Waals surface area contributed by atoms with Crippen LogP contribution in [0.1, 0.15) is 5.56 Å². The minimum atomic E-state index is -0.525. The summed E-state index contributed by atoms with van der Waals surface area (Å²) in [6, 6.07) is 7.67. The lowest BCUT2D eigenvalue weighted by atomic mass is 10.2. The number of nitrogens with one attached hydrogen (secondary N) is 1. The fourth-order valence-electron chi connectivity index (χ4n) is 1.35. The Bertz CT molecular complexity index is 617. The molecule has 0 unspecified atom stereocenters. The van der Waals surface area contributed by atoms with Crippen LogP contribution in [0.5, 0.6) is 0 Å². The Balaban J connectivity index is 2.44. The van der Waals surface area contributed by atoms with Gasteiger partial charge >= 0.3 is 0 Å². The molecule has 0 spiro atoms. The number of hydrogen-bond acceptors (Lipinski definition) is 3. The minimum Gasteiger partial charge on any atom is -0.335 e. The van der Waals surface area contributed by atoms with E-state index in [1.165, 1.54) is 30.5 Å². The number of nitrogens with zero attached hydrogens (tertiary/aromatic N) is 2. The average Bonchev–Trinajstić information content (AvgIpc) is 2.36. The standard InChI is InChI=1S/C12H6Cl2FN3/c13-8-2-1-3-9(15)11(8)18-12-10(14)7(6-16)4-5-17-12/h1-5H,(H,17,18). The molecule has 0 radical (unpaired) electrons. The predicted molar refractivity (Wildman–Crippen MR) is 68.7 cm³/mol. The van der Waals surface area contributed by atoms with E-state index in [1.807, 2.05) is 6.07 Å². The lowest BCUT2D eigenvalue weighted by Crippen LogP contribution is -1.98. The molecule has 0 bridgehead atoms. The summed E-state index contributed by atoms with van der Waals surface area (Å²) in [6.45, 7) is 0. The molecule has 6 heteroatoms. The number of anilines is 2. The van der Waals surface area contributed by atoms with Gasteiger partial charge in [0, 0.05) is 6.20 Å². The quantitative estimate of drug-likeness (QED) is 0.900. The topological polar surface area (TPSA) is 48.7 Å². The number of rotatable bonds is 2. The van der Waals surface area contributed by atoms with Crippen molar-refractivity contribution in [3.63, 3.8) is 0 Å². The maximum atomic E-state index is 13.6. The van der Waals surface area contributed by atoms with Crippen LogP contribution in [-0.4, -0.2) is 4.98 Å². The Morgan fingerprint density at radius 1 is 1.28 bits per heavy atom. The van der Waals surface area contributed by atoms with Gasteiger partial charge in [-0.1, -0.05) is 29.3 Å². The van der Waals surface area contributed by atoms with Gasteiger partial charge in [0.25, 0.3) is 0 Å². The number of para-hydroxylation sites is 1. The third-order valence-electron chi connectivity index (χ3n) is 2.22. The van der Waals surface area contributed by atoms with E-state index in [2.05, 4.69) is 10.3 Å². The van der Waals surface area contributed by atoms with E-state index in [9.17, 15) is 4.39 Å². The van der Waals surface area contributed by atoms with Crippen LogP contribution in [0.3, 0.4) is 0 Å². The summed E-state index contributed by atoms with van der Waals surface area (Å²) >= 11 is 11.8. The zero-order valence-electron chi connectivity index (χ0n) is 8.92. The van der Waals surface area contributed by atoms with Crippen molar-refractivity contribution >= 4 is 34.7 Å². The summed E-state index contributed by atoms with van der Waals surface area (Å²) in [5.41, 5.74) is 0.324. The van der Waals surface area contributed by atoms with Crippen molar-refractivity contribution in [1.29, 1.82) is 5.26 Å². The van der Waals surface area contributed by atoms with Crippen LogP contribution in [0.2, 0.25) is 10.0 Å². The van der Waals surface area contributed by atoms with Gasteiger partial charge in [-0.25, -0.2) is 9.37 Å². The maximum Gasteiger partial charge on any atom is 0.150 e. The molecule has 0 amide bonds. The molecular weight excluding hydrogens is 276 g/mol. The molecule has 1 aromatic heterocycles. The van der Waals surface area contributed by atoms with Crippen molar-refractivity contribution in [2.24, 2.45) is 0 Å². The Labute approximate surface area is 113 Å². The Kier molecular flexibility index (Phi) is 3.66. The monoisotopic (exact) mass is 281 g/mol. The maximum absolute atomic E-state index is 13.6. The van der Waals surface area contributed by atoms with Crippen LogP contribution >= 0.6 is 23.2 Å². The summed E-state index contributed by atoms with van der Waals surface area (Å²) in [6.07, 6.45) is 1.40. The molecule has 1 aromatic carbocycles. The first-order valence-corrected chi connectivity index (χ1v) is 5.64. The minimum absolute atomic E-state index is 0.0728. The van der Waals surface area contributed by atoms with E-state index in [-0.39, 0.29) is 27.1 Å². The molecule has 1 heterocycles. The van der Waals surface area contributed by atoms with E-state index >= 15 is 0 Å². The van der Waals surface area contributed by atoms with Crippen molar-refractivity contribution in [2.45, 2.75) is 0 Å². The number of benzene rings is 1. The van der Waals surface area contributed by atoms with Crippen molar-refractivity contribution < 1.29 is 4.39 Å². The highest BCUT2D eigenvalue weighted by molar-refractivity contribution is 6.35. The molecule has 0 saturated carbocycles. The Hall–Kier alpha value is -1.83. The second kappa shape index (κ2) is 5.21. The molecule has 0 fully saturated rings. The van der Waals surface area contributed by atoms with Crippen LogP contribution in [-0.2, 0) is 0 Å². The van der Waals surface area contributed by atoms with Crippen LogP contribution in [0, 0.1) is 17.1 Å². The smallest absolute Gasteiger partial charge is 0.150 e. The van der Waals surface area contributed by atoms with Crippen molar-refractivity contribution in [2.75, 3.05) is 5.32 Å². The Morgan fingerprint density at radius 2 is 2.06 bits per heavy atom. The summed E-state index contributed by atoms with van der Waals surface area (Å²) in [7, 11) is 0. The molecule has 2 rings (SSSR count). The second-order valence-electron chi connectivity index (χ2n) is 3.35. The molecule has 90 valence electrons. The van der Waals surface area contributed by atoms with Gasteiger partial charge in [-0.15, -0.1) is 0 Å². The largest absolute Gasteiger partial charge is 0.335 e. The molecule has 0 aliphatic rings.